The van der Waals surface area contributed by atoms with E-state index in [-0.39, 0.29) is 11.3 Å². The first-order valence-corrected chi connectivity index (χ1v) is 10.8. The Morgan fingerprint density at radius 3 is 2.42 bits per heavy atom. The molecule has 0 aliphatic heterocycles. The minimum absolute atomic E-state index is 0.168. The van der Waals surface area contributed by atoms with Gasteiger partial charge in [0.1, 0.15) is 5.65 Å². The second-order valence-corrected chi connectivity index (χ2v) is 8.81. The summed E-state index contributed by atoms with van der Waals surface area (Å²) in [5.74, 6) is -1.11. The molecular formula is C22H13F3N4O3S. The molecule has 33 heavy (non-hydrogen) atoms. The molecular weight excluding hydrogens is 457 g/mol. The van der Waals surface area contributed by atoms with Crippen LogP contribution in [0.1, 0.15) is 15.9 Å². The van der Waals surface area contributed by atoms with Crippen molar-refractivity contribution in [3.8, 4) is 17.3 Å². The van der Waals surface area contributed by atoms with E-state index in [1.54, 1.807) is 22.7 Å². The molecule has 0 saturated heterocycles. The summed E-state index contributed by atoms with van der Waals surface area (Å²) in [6, 6.07) is 16.3. The number of rotatable bonds is 4. The van der Waals surface area contributed by atoms with Crippen LogP contribution < -0.4 is 5.32 Å². The molecule has 0 saturated carbocycles. The van der Waals surface area contributed by atoms with Gasteiger partial charge in [-0.2, -0.15) is 18.4 Å². The monoisotopic (exact) mass is 470 g/mol. The molecule has 0 spiro atoms. The molecule has 4 rings (SSSR count). The van der Waals surface area contributed by atoms with Gasteiger partial charge in [-0.15, -0.1) is 0 Å². The largest absolute Gasteiger partial charge is 0.501 e. The molecule has 0 fully saturated rings. The number of nitrogens with one attached hydrogen (secondary N) is 1. The molecule has 0 radical (unpaired) electrons. The van der Waals surface area contributed by atoms with Crippen LogP contribution in [0.2, 0.25) is 0 Å². The van der Waals surface area contributed by atoms with Crippen molar-refractivity contribution in [3.63, 3.8) is 0 Å². The zero-order chi connectivity index (χ0) is 23.8. The summed E-state index contributed by atoms with van der Waals surface area (Å²) in [6.07, 6.45) is 3.19. The van der Waals surface area contributed by atoms with Gasteiger partial charge in [0, 0.05) is 18.0 Å². The van der Waals surface area contributed by atoms with Gasteiger partial charge in [-0.25, -0.2) is 13.4 Å². The van der Waals surface area contributed by atoms with Gasteiger partial charge in [0.05, 0.1) is 33.5 Å². The summed E-state index contributed by atoms with van der Waals surface area (Å²) in [7, 11) is -5.82. The molecule has 0 aliphatic carbocycles. The van der Waals surface area contributed by atoms with Gasteiger partial charge >= 0.3 is 5.51 Å². The number of halogens is 3. The number of sulfone groups is 1. The maximum atomic E-state index is 13.1. The van der Waals surface area contributed by atoms with Crippen molar-refractivity contribution in [2.45, 2.75) is 10.4 Å². The molecule has 2 heterocycles. The van der Waals surface area contributed by atoms with Gasteiger partial charge < -0.3 is 9.72 Å². The van der Waals surface area contributed by atoms with Crippen molar-refractivity contribution in [2.75, 3.05) is 5.32 Å². The number of hydrogen-bond acceptors (Lipinski definition) is 5. The van der Waals surface area contributed by atoms with E-state index in [0.717, 1.165) is 17.7 Å². The summed E-state index contributed by atoms with van der Waals surface area (Å²) in [5, 5.41) is 11.4. The van der Waals surface area contributed by atoms with Crippen LogP contribution in [0.3, 0.4) is 0 Å². The standard InChI is InChI=1S/C22H13F3N4O3S/c23-22(24,25)33(31,32)19-8-6-14(11-26)10-17(19)21(30)27-16-7-9-20-28-18(13-29(20)12-16)15-4-2-1-3-5-15/h1-10,12-13H,(H,27,30). The molecule has 166 valence electrons. The highest BCUT2D eigenvalue weighted by Crippen LogP contribution is 2.33. The molecule has 7 nitrogen and oxygen atoms in total. The summed E-state index contributed by atoms with van der Waals surface area (Å²) in [4.78, 5) is 16.0. The fourth-order valence-electron chi connectivity index (χ4n) is 3.15. The zero-order valence-electron chi connectivity index (χ0n) is 16.5. The Hall–Kier alpha value is -4.17. The first-order chi connectivity index (χ1) is 15.6. The lowest BCUT2D eigenvalue weighted by atomic mass is 10.1. The summed E-state index contributed by atoms with van der Waals surface area (Å²) < 4.78 is 64.8. The number of anilines is 1. The van der Waals surface area contributed by atoms with Gasteiger partial charge in [-0.05, 0) is 30.3 Å². The Kier molecular flexibility index (Phi) is 5.39. The minimum Gasteiger partial charge on any atom is -0.321 e. The second-order valence-electron chi connectivity index (χ2n) is 6.90. The SMILES string of the molecule is N#Cc1ccc(S(=O)(=O)C(F)(F)F)c(C(=O)Nc2ccc3nc(-c4ccccc4)cn3c2)c1. The highest BCUT2D eigenvalue weighted by atomic mass is 32.2. The Morgan fingerprint density at radius 2 is 1.76 bits per heavy atom. The molecule has 2 aromatic carbocycles. The van der Waals surface area contributed by atoms with E-state index in [1.165, 1.54) is 12.3 Å². The molecule has 2 aromatic heterocycles. The van der Waals surface area contributed by atoms with Crippen molar-refractivity contribution >= 4 is 27.1 Å². The lowest BCUT2D eigenvalue weighted by Gasteiger charge is -2.13. The molecule has 0 unspecified atom stereocenters. The zero-order valence-corrected chi connectivity index (χ0v) is 17.4. The van der Waals surface area contributed by atoms with Crippen molar-refractivity contribution < 1.29 is 26.4 Å². The van der Waals surface area contributed by atoms with Crippen molar-refractivity contribution in [3.05, 3.63) is 84.2 Å². The van der Waals surface area contributed by atoms with Crippen molar-refractivity contribution in [1.29, 1.82) is 5.26 Å². The van der Waals surface area contributed by atoms with Crippen molar-refractivity contribution in [2.24, 2.45) is 0 Å². The van der Waals surface area contributed by atoms with Crippen LogP contribution in [-0.2, 0) is 9.84 Å². The van der Waals surface area contributed by atoms with Gasteiger partial charge in [0.2, 0.25) is 0 Å². The molecule has 1 N–H and O–H groups in total. The van der Waals surface area contributed by atoms with Crippen molar-refractivity contribution in [1.82, 2.24) is 9.38 Å². The highest BCUT2D eigenvalue weighted by molar-refractivity contribution is 7.92. The van der Waals surface area contributed by atoms with Crippen LogP contribution in [0, 0.1) is 11.3 Å². The fourth-order valence-corrected chi connectivity index (χ4v) is 4.09. The van der Waals surface area contributed by atoms with E-state index in [2.05, 4.69) is 10.3 Å². The third-order valence-electron chi connectivity index (χ3n) is 4.73. The number of nitrogens with zero attached hydrogens (tertiary/aromatic N) is 3. The Labute approximate surface area is 185 Å². The van der Waals surface area contributed by atoms with E-state index in [1.807, 2.05) is 30.3 Å². The van der Waals surface area contributed by atoms with Crippen LogP contribution in [0.5, 0.6) is 0 Å². The van der Waals surface area contributed by atoms with Gasteiger partial charge in [0.25, 0.3) is 15.7 Å². The van der Waals surface area contributed by atoms with E-state index < -0.39 is 31.7 Å². The molecule has 1 amide bonds. The number of carbonyl (C=O) groups is 1. The van der Waals surface area contributed by atoms with E-state index in [0.29, 0.717) is 17.4 Å². The lowest BCUT2D eigenvalue weighted by molar-refractivity contribution is -0.0436. The van der Waals surface area contributed by atoms with Crippen LogP contribution in [0.25, 0.3) is 16.9 Å². The number of carbonyl (C=O) groups excluding carboxylic acids is 1. The number of imidazole rings is 1. The van der Waals surface area contributed by atoms with E-state index in [4.69, 9.17) is 5.26 Å². The Morgan fingerprint density at radius 1 is 1.03 bits per heavy atom. The normalized spacial score (nSPS) is 11.8. The summed E-state index contributed by atoms with van der Waals surface area (Å²) >= 11 is 0. The molecule has 11 heteroatoms. The Bertz CT molecular complexity index is 1520. The fraction of sp³-hybridized carbons (Fsp3) is 0.0455. The average Bonchev–Trinajstić information content (AvgIpc) is 3.22. The van der Waals surface area contributed by atoms with Crippen LogP contribution >= 0.6 is 0 Å². The lowest BCUT2D eigenvalue weighted by Crippen LogP contribution is -2.26. The number of alkyl halides is 3. The number of nitriles is 1. The third kappa shape index (κ3) is 4.16. The maximum Gasteiger partial charge on any atom is 0.501 e. The van der Waals surface area contributed by atoms with Gasteiger partial charge in [-0.1, -0.05) is 30.3 Å². The third-order valence-corrected chi connectivity index (χ3v) is 6.27. The topological polar surface area (TPSA) is 104 Å². The predicted octanol–water partition coefficient (Wildman–Crippen LogP) is 4.42. The number of pyridine rings is 1. The van der Waals surface area contributed by atoms with Gasteiger partial charge in [-0.3, -0.25) is 4.79 Å². The number of amides is 1. The minimum atomic E-state index is -5.82. The van der Waals surface area contributed by atoms with E-state index in [9.17, 15) is 26.4 Å². The van der Waals surface area contributed by atoms with Gasteiger partial charge in [0.15, 0.2) is 0 Å². The summed E-state index contributed by atoms with van der Waals surface area (Å²) in [6.45, 7) is 0. The molecule has 0 aliphatic rings. The number of aromatic nitrogens is 2. The predicted molar refractivity (Wildman–Crippen MR) is 113 cm³/mol. The smallest absolute Gasteiger partial charge is 0.321 e. The maximum absolute atomic E-state index is 13.1. The number of fused-ring (bicyclic) bond motifs is 1. The first kappa shape index (κ1) is 22.0. The number of hydrogen-bond donors (Lipinski definition) is 1. The first-order valence-electron chi connectivity index (χ1n) is 9.31. The summed E-state index contributed by atoms with van der Waals surface area (Å²) in [5.41, 5.74) is -4.30. The highest BCUT2D eigenvalue weighted by Gasteiger charge is 2.48. The second kappa shape index (κ2) is 8.07. The Balaban J connectivity index is 1.70. The quantitative estimate of drug-likeness (QED) is 0.476. The average molecular weight is 470 g/mol. The van der Waals surface area contributed by atoms with E-state index >= 15 is 0 Å². The van der Waals surface area contributed by atoms with Crippen LogP contribution in [-0.4, -0.2) is 29.2 Å². The number of benzene rings is 2. The molecule has 0 bridgehead atoms. The molecule has 0 atom stereocenters. The van der Waals surface area contributed by atoms with Crippen LogP contribution in [0.15, 0.2) is 78.0 Å². The van der Waals surface area contributed by atoms with Crippen LogP contribution in [0.4, 0.5) is 18.9 Å². The molecule has 4 aromatic rings.